The normalized spacial score (nSPS) is 15.5. The van der Waals surface area contributed by atoms with Crippen LogP contribution in [0.25, 0.3) is 66.1 Å². The van der Waals surface area contributed by atoms with E-state index in [9.17, 15) is 0 Å². The summed E-state index contributed by atoms with van der Waals surface area (Å²) in [6.45, 7) is 4.74. The zero-order valence-electron chi connectivity index (χ0n) is 32.2. The molecular formula is C55H42N2. The highest BCUT2D eigenvalue weighted by atomic mass is 15.2. The molecule has 0 fully saturated rings. The summed E-state index contributed by atoms with van der Waals surface area (Å²) in [7, 11) is 0. The third-order valence-corrected chi connectivity index (χ3v) is 12.5. The number of allylic oxidation sites excluding steroid dienone is 2. The van der Waals surface area contributed by atoms with Crippen LogP contribution in [-0.2, 0) is 5.41 Å². The van der Waals surface area contributed by atoms with Gasteiger partial charge in [-0.15, -0.1) is 0 Å². The van der Waals surface area contributed by atoms with Gasteiger partial charge in [0.25, 0.3) is 0 Å². The van der Waals surface area contributed by atoms with E-state index < -0.39 is 0 Å². The number of hydrogen-bond acceptors (Lipinski definition) is 1. The van der Waals surface area contributed by atoms with Gasteiger partial charge >= 0.3 is 0 Å². The number of nitrogens with zero attached hydrogens (tertiary/aromatic N) is 2. The van der Waals surface area contributed by atoms with Gasteiger partial charge in [-0.2, -0.15) is 0 Å². The Balaban J connectivity index is 0.978. The Morgan fingerprint density at radius 2 is 1.18 bits per heavy atom. The quantitative estimate of drug-likeness (QED) is 0.165. The molecule has 9 aromatic rings. The van der Waals surface area contributed by atoms with Gasteiger partial charge in [0.2, 0.25) is 0 Å². The number of hydrogen-bond donors (Lipinski definition) is 0. The molecule has 1 unspecified atom stereocenters. The van der Waals surface area contributed by atoms with Gasteiger partial charge in [-0.25, -0.2) is 0 Å². The molecule has 0 N–H and O–H groups in total. The Labute approximate surface area is 334 Å². The lowest BCUT2D eigenvalue weighted by Gasteiger charge is -2.34. The third-order valence-electron chi connectivity index (χ3n) is 12.5. The lowest BCUT2D eigenvalue weighted by atomic mass is 9.82. The largest absolute Gasteiger partial charge is 0.334 e. The molecule has 2 aliphatic carbocycles. The molecule has 1 aromatic heterocycles. The highest BCUT2D eigenvalue weighted by molar-refractivity contribution is 6.10. The van der Waals surface area contributed by atoms with Crippen molar-refractivity contribution in [3.63, 3.8) is 0 Å². The van der Waals surface area contributed by atoms with Crippen LogP contribution in [-0.4, -0.2) is 10.6 Å². The van der Waals surface area contributed by atoms with Crippen LogP contribution in [0.15, 0.2) is 200 Å². The zero-order valence-corrected chi connectivity index (χ0v) is 32.2. The predicted octanol–water partition coefficient (Wildman–Crippen LogP) is 14.5. The van der Waals surface area contributed by atoms with Gasteiger partial charge in [0, 0.05) is 33.2 Å². The maximum absolute atomic E-state index is 2.55. The second-order valence-corrected chi connectivity index (χ2v) is 16.1. The lowest BCUT2D eigenvalue weighted by Crippen LogP contribution is -2.30. The minimum Gasteiger partial charge on any atom is -0.334 e. The number of fused-ring (bicyclic) bond motifs is 7. The van der Waals surface area contributed by atoms with Gasteiger partial charge in [0.1, 0.15) is 0 Å². The Morgan fingerprint density at radius 3 is 2.02 bits per heavy atom. The summed E-state index contributed by atoms with van der Waals surface area (Å²) >= 11 is 0. The molecule has 272 valence electrons. The highest BCUT2D eigenvalue weighted by Gasteiger charge is 2.36. The van der Waals surface area contributed by atoms with E-state index in [-0.39, 0.29) is 11.5 Å². The van der Waals surface area contributed by atoms with E-state index >= 15 is 0 Å². The molecule has 1 heterocycles. The van der Waals surface area contributed by atoms with Gasteiger partial charge in [-0.05, 0) is 116 Å². The number of para-hydroxylation sites is 2. The average molecular weight is 731 g/mol. The van der Waals surface area contributed by atoms with Gasteiger partial charge in [0.15, 0.2) is 0 Å². The number of rotatable bonds is 6. The van der Waals surface area contributed by atoms with E-state index in [4.69, 9.17) is 0 Å². The summed E-state index contributed by atoms with van der Waals surface area (Å²) in [4.78, 5) is 2.55. The first-order chi connectivity index (χ1) is 28.0. The molecule has 2 nitrogen and oxygen atoms in total. The fourth-order valence-electron chi connectivity index (χ4n) is 9.68. The summed E-state index contributed by atoms with van der Waals surface area (Å²) in [5, 5.41) is 5.09. The van der Waals surface area contributed by atoms with E-state index in [1.807, 2.05) is 0 Å². The van der Waals surface area contributed by atoms with Crippen LogP contribution in [0.2, 0.25) is 0 Å². The van der Waals surface area contributed by atoms with Crippen LogP contribution in [0.1, 0.15) is 37.0 Å². The van der Waals surface area contributed by atoms with Crippen molar-refractivity contribution in [3.8, 4) is 27.9 Å². The van der Waals surface area contributed by atoms with E-state index in [0.29, 0.717) is 0 Å². The molecule has 0 saturated heterocycles. The Hall–Kier alpha value is -6.90. The van der Waals surface area contributed by atoms with Gasteiger partial charge in [-0.1, -0.05) is 159 Å². The Bertz CT molecular complexity index is 3060. The van der Waals surface area contributed by atoms with Crippen LogP contribution in [0.3, 0.4) is 0 Å². The molecule has 57 heavy (non-hydrogen) atoms. The second-order valence-electron chi connectivity index (χ2n) is 16.1. The first kappa shape index (κ1) is 33.4. The third kappa shape index (κ3) is 5.39. The summed E-state index contributed by atoms with van der Waals surface area (Å²) < 4.78 is 2.38. The van der Waals surface area contributed by atoms with Crippen LogP contribution in [0, 0.1) is 0 Å². The molecule has 0 aliphatic heterocycles. The van der Waals surface area contributed by atoms with Crippen molar-refractivity contribution in [1.82, 2.24) is 4.57 Å². The number of anilines is 2. The molecule has 0 spiro atoms. The molecule has 1 atom stereocenters. The molecule has 0 bridgehead atoms. The van der Waals surface area contributed by atoms with Crippen molar-refractivity contribution in [1.29, 1.82) is 0 Å². The zero-order chi connectivity index (χ0) is 38.1. The molecule has 2 heteroatoms. The van der Waals surface area contributed by atoms with Crippen molar-refractivity contribution >= 4 is 49.5 Å². The number of benzene rings is 8. The summed E-state index contributed by atoms with van der Waals surface area (Å²) in [6, 6.07) is 67.1. The maximum Gasteiger partial charge on any atom is 0.0560 e. The maximum atomic E-state index is 2.55. The second kappa shape index (κ2) is 13.1. The van der Waals surface area contributed by atoms with Crippen molar-refractivity contribution in [2.24, 2.45) is 0 Å². The van der Waals surface area contributed by atoms with Crippen LogP contribution >= 0.6 is 0 Å². The van der Waals surface area contributed by atoms with Gasteiger partial charge < -0.3 is 9.47 Å². The summed E-state index contributed by atoms with van der Waals surface area (Å²) in [6.07, 6.45) is 8.09. The first-order valence-electron chi connectivity index (χ1n) is 20.1. The van der Waals surface area contributed by atoms with Crippen LogP contribution in [0.5, 0.6) is 0 Å². The lowest BCUT2D eigenvalue weighted by molar-refractivity contribution is 0.659. The van der Waals surface area contributed by atoms with Crippen molar-refractivity contribution in [2.45, 2.75) is 31.7 Å². The van der Waals surface area contributed by atoms with Crippen LogP contribution in [0.4, 0.5) is 11.4 Å². The molecule has 11 rings (SSSR count). The molecule has 0 radical (unpaired) electrons. The highest BCUT2D eigenvalue weighted by Crippen LogP contribution is 2.50. The minimum atomic E-state index is -0.0798. The molecule has 8 aromatic carbocycles. The topological polar surface area (TPSA) is 8.17 Å². The first-order valence-corrected chi connectivity index (χ1v) is 20.1. The fourth-order valence-corrected chi connectivity index (χ4v) is 9.68. The van der Waals surface area contributed by atoms with Crippen molar-refractivity contribution in [3.05, 3.63) is 217 Å². The summed E-state index contributed by atoms with van der Waals surface area (Å²) in [5.74, 6) is 0. The fraction of sp³-hybridized carbons (Fsp3) is 0.0909. The number of aromatic nitrogens is 1. The SMILES string of the molecule is CC1(C)c2ccccc2-c2ccc(N(c3ccc(-c4cccc5ccccc45)cc3)C3C=CC(c4ccc5c(c4)c4ccccc4n5-c4ccccc4)=CC3)cc21. The van der Waals surface area contributed by atoms with Crippen LogP contribution < -0.4 is 4.90 Å². The van der Waals surface area contributed by atoms with E-state index in [2.05, 4.69) is 224 Å². The standard InChI is InChI=1S/C55H42N2/c1-55(2)51-21-10-8-18-47(51)48-33-32-44(36-52(48)55)56(43-30-25-39(26-31-43)46-20-12-14-38-13-6-7-17-45(38)46)42-28-23-37(24-29-42)40-27-34-54-50(35-40)49-19-9-11-22-53(49)57(54)41-15-4-3-5-16-41/h3-28,30-36,42H,29H2,1-2H3. The van der Waals surface area contributed by atoms with E-state index in [1.54, 1.807) is 0 Å². The smallest absolute Gasteiger partial charge is 0.0560 e. The van der Waals surface area contributed by atoms with Crippen molar-refractivity contribution in [2.75, 3.05) is 4.90 Å². The Kier molecular flexibility index (Phi) is 7.69. The van der Waals surface area contributed by atoms with Crippen molar-refractivity contribution < 1.29 is 0 Å². The van der Waals surface area contributed by atoms with E-state index in [1.165, 1.54) is 94.2 Å². The van der Waals surface area contributed by atoms with Gasteiger partial charge in [-0.3, -0.25) is 0 Å². The van der Waals surface area contributed by atoms with E-state index in [0.717, 1.165) is 6.42 Å². The average Bonchev–Trinajstić information content (AvgIpc) is 3.72. The molecule has 2 aliphatic rings. The molecule has 0 saturated carbocycles. The van der Waals surface area contributed by atoms with Gasteiger partial charge in [0.05, 0.1) is 17.1 Å². The predicted molar refractivity (Wildman–Crippen MR) is 242 cm³/mol. The summed E-state index contributed by atoms with van der Waals surface area (Å²) in [5.41, 5.74) is 16.4. The molecule has 0 amide bonds. The monoisotopic (exact) mass is 730 g/mol. The molecular weight excluding hydrogens is 689 g/mol. The minimum absolute atomic E-state index is 0.0798. The Morgan fingerprint density at radius 1 is 0.509 bits per heavy atom.